The Balaban J connectivity index is 0.00000242. The third-order valence-electron chi connectivity index (χ3n) is 3.38. The highest BCUT2D eigenvalue weighted by molar-refractivity contribution is 7.89. The average Bonchev–Trinajstić information content (AvgIpc) is 2.46. The minimum atomic E-state index is -3.68. The van der Waals surface area contributed by atoms with Crippen molar-refractivity contribution < 1.29 is 17.9 Å². The van der Waals surface area contributed by atoms with Crippen LogP contribution in [0.3, 0.4) is 0 Å². The van der Waals surface area contributed by atoms with E-state index in [2.05, 4.69) is 10.1 Å². The van der Waals surface area contributed by atoms with Gasteiger partial charge in [0.2, 0.25) is 10.0 Å². The van der Waals surface area contributed by atoms with Crippen molar-refractivity contribution >= 4 is 40.0 Å². The van der Waals surface area contributed by atoms with Crippen LogP contribution in [0, 0.1) is 0 Å². The maximum atomic E-state index is 12.7. The highest BCUT2D eigenvalue weighted by atomic mass is 35.5. The molecule has 0 radical (unpaired) electrons. The Labute approximate surface area is 141 Å². The highest BCUT2D eigenvalue weighted by Crippen LogP contribution is 2.27. The molecule has 1 N–H and O–H groups in total. The van der Waals surface area contributed by atoms with E-state index < -0.39 is 16.0 Å². The second-order valence-corrected chi connectivity index (χ2v) is 7.07. The van der Waals surface area contributed by atoms with Crippen LogP contribution in [-0.2, 0) is 14.8 Å². The molecule has 1 aliphatic heterocycles. The minimum absolute atomic E-state index is 0. The van der Waals surface area contributed by atoms with Crippen LogP contribution in [0.1, 0.15) is 17.3 Å². The van der Waals surface area contributed by atoms with Gasteiger partial charge in [0.15, 0.2) is 0 Å². The van der Waals surface area contributed by atoms with Gasteiger partial charge in [0, 0.05) is 25.7 Å². The fraction of sp³-hybridized carbons (Fsp3) is 0.462. The lowest BCUT2D eigenvalue weighted by Gasteiger charge is -2.33. The first-order valence-electron chi connectivity index (χ1n) is 6.48. The summed E-state index contributed by atoms with van der Waals surface area (Å²) < 4.78 is 31.3. The van der Waals surface area contributed by atoms with E-state index in [9.17, 15) is 13.2 Å². The van der Waals surface area contributed by atoms with E-state index in [1.807, 2.05) is 6.92 Å². The summed E-state index contributed by atoms with van der Waals surface area (Å²) in [5.41, 5.74) is 0.217. The number of rotatable bonds is 3. The molecule has 0 saturated carbocycles. The third-order valence-corrected chi connectivity index (χ3v) is 5.88. The molecule has 1 aromatic carbocycles. The first-order chi connectivity index (χ1) is 9.87. The van der Waals surface area contributed by atoms with E-state index in [1.165, 1.54) is 29.6 Å². The second kappa shape index (κ2) is 7.61. The molecule has 1 unspecified atom stereocenters. The molecule has 9 heteroatoms. The van der Waals surface area contributed by atoms with Gasteiger partial charge in [-0.3, -0.25) is 0 Å². The van der Waals surface area contributed by atoms with Gasteiger partial charge in [-0.05, 0) is 25.1 Å². The van der Waals surface area contributed by atoms with Crippen molar-refractivity contribution in [3.8, 4) is 0 Å². The number of halogens is 2. The van der Waals surface area contributed by atoms with Crippen molar-refractivity contribution in [2.45, 2.75) is 17.9 Å². The fourth-order valence-electron chi connectivity index (χ4n) is 2.26. The zero-order valence-corrected chi connectivity index (χ0v) is 14.6. The van der Waals surface area contributed by atoms with Gasteiger partial charge in [-0.15, -0.1) is 12.4 Å². The number of methoxy groups -OCH3 is 1. The van der Waals surface area contributed by atoms with Crippen molar-refractivity contribution in [3.63, 3.8) is 0 Å². The van der Waals surface area contributed by atoms with Gasteiger partial charge in [-0.1, -0.05) is 11.6 Å². The van der Waals surface area contributed by atoms with E-state index in [0.29, 0.717) is 19.6 Å². The molecule has 1 atom stereocenters. The number of esters is 1. The van der Waals surface area contributed by atoms with Crippen molar-refractivity contribution in [2.75, 3.05) is 26.7 Å². The number of benzene rings is 1. The van der Waals surface area contributed by atoms with Gasteiger partial charge in [-0.25, -0.2) is 13.2 Å². The van der Waals surface area contributed by atoms with Crippen LogP contribution in [0.15, 0.2) is 23.1 Å². The van der Waals surface area contributed by atoms with E-state index in [-0.39, 0.29) is 33.9 Å². The van der Waals surface area contributed by atoms with E-state index in [4.69, 9.17) is 11.6 Å². The molecule has 124 valence electrons. The fourth-order valence-corrected chi connectivity index (χ4v) is 4.41. The van der Waals surface area contributed by atoms with Crippen LogP contribution in [0.25, 0.3) is 0 Å². The number of hydrogen-bond acceptors (Lipinski definition) is 5. The number of piperazine rings is 1. The lowest BCUT2D eigenvalue weighted by atomic mass is 10.2. The molecule has 0 aliphatic carbocycles. The predicted molar refractivity (Wildman–Crippen MR) is 86.3 cm³/mol. The molecule has 1 heterocycles. The molecule has 2 rings (SSSR count). The number of ether oxygens (including phenoxy) is 1. The average molecular weight is 369 g/mol. The molecule has 0 spiro atoms. The SMILES string of the molecule is COC(=O)c1ccc(S(=O)(=O)N2CCNCC2C)c(Cl)c1.Cl. The number of nitrogens with one attached hydrogen (secondary N) is 1. The van der Waals surface area contributed by atoms with E-state index in [1.54, 1.807) is 0 Å². The number of sulfonamides is 1. The topological polar surface area (TPSA) is 75.7 Å². The Bertz CT molecular complexity index is 651. The normalized spacial score (nSPS) is 19.3. The van der Waals surface area contributed by atoms with Gasteiger partial charge in [0.25, 0.3) is 0 Å². The summed E-state index contributed by atoms with van der Waals surface area (Å²) in [5.74, 6) is -0.559. The van der Waals surface area contributed by atoms with E-state index >= 15 is 0 Å². The van der Waals surface area contributed by atoms with Gasteiger partial charge in [0.05, 0.1) is 17.7 Å². The Morgan fingerprint density at radius 2 is 2.14 bits per heavy atom. The summed E-state index contributed by atoms with van der Waals surface area (Å²) in [4.78, 5) is 11.4. The predicted octanol–water partition coefficient (Wildman–Crippen LogP) is 1.53. The van der Waals surface area contributed by atoms with Gasteiger partial charge in [0.1, 0.15) is 4.90 Å². The second-order valence-electron chi connectivity index (χ2n) is 4.81. The minimum Gasteiger partial charge on any atom is -0.465 e. The summed E-state index contributed by atoms with van der Waals surface area (Å²) >= 11 is 6.05. The van der Waals surface area contributed by atoms with Crippen LogP contribution in [0.2, 0.25) is 5.02 Å². The monoisotopic (exact) mass is 368 g/mol. The molecule has 1 aromatic rings. The van der Waals surface area contributed by atoms with Crippen LogP contribution in [0.4, 0.5) is 0 Å². The van der Waals surface area contributed by atoms with Crippen LogP contribution in [0.5, 0.6) is 0 Å². The summed E-state index contributed by atoms with van der Waals surface area (Å²) in [7, 11) is -2.43. The zero-order chi connectivity index (χ0) is 15.6. The lowest BCUT2D eigenvalue weighted by molar-refractivity contribution is 0.0600. The van der Waals surface area contributed by atoms with Crippen molar-refractivity contribution in [1.82, 2.24) is 9.62 Å². The first kappa shape index (κ1) is 19.2. The molecular weight excluding hydrogens is 351 g/mol. The molecular formula is C13H18Cl2N2O4S. The van der Waals surface area contributed by atoms with Crippen LogP contribution < -0.4 is 5.32 Å². The van der Waals surface area contributed by atoms with Crippen LogP contribution in [-0.4, -0.2) is 51.5 Å². The molecule has 0 bridgehead atoms. The standard InChI is InChI=1S/C13H17ClN2O4S.ClH/c1-9-8-15-5-6-16(9)21(18,19)12-4-3-10(7-11(12)14)13(17)20-2;/h3-4,7,9,15H,5-6,8H2,1-2H3;1H. The largest absolute Gasteiger partial charge is 0.465 e. The quantitative estimate of drug-likeness (QED) is 0.818. The Morgan fingerprint density at radius 3 is 2.68 bits per heavy atom. The van der Waals surface area contributed by atoms with Crippen molar-refractivity contribution in [3.05, 3.63) is 28.8 Å². The molecule has 0 amide bonds. The molecule has 22 heavy (non-hydrogen) atoms. The molecule has 1 aliphatic rings. The smallest absolute Gasteiger partial charge is 0.337 e. The molecule has 1 fully saturated rings. The van der Waals surface area contributed by atoms with Gasteiger partial charge in [-0.2, -0.15) is 4.31 Å². The third kappa shape index (κ3) is 3.72. The van der Waals surface area contributed by atoms with Crippen molar-refractivity contribution in [1.29, 1.82) is 0 Å². The van der Waals surface area contributed by atoms with Crippen LogP contribution >= 0.6 is 24.0 Å². The number of carbonyl (C=O) groups is 1. The number of carbonyl (C=O) groups excluding carboxylic acids is 1. The molecule has 1 saturated heterocycles. The Morgan fingerprint density at radius 1 is 1.45 bits per heavy atom. The summed E-state index contributed by atoms with van der Waals surface area (Å²) in [6.07, 6.45) is 0. The highest BCUT2D eigenvalue weighted by Gasteiger charge is 2.32. The zero-order valence-electron chi connectivity index (χ0n) is 12.2. The molecule has 0 aromatic heterocycles. The number of hydrogen-bond donors (Lipinski definition) is 1. The first-order valence-corrected chi connectivity index (χ1v) is 8.30. The summed E-state index contributed by atoms with van der Waals surface area (Å²) in [5, 5.41) is 3.15. The van der Waals surface area contributed by atoms with Crippen molar-refractivity contribution in [2.24, 2.45) is 0 Å². The lowest BCUT2D eigenvalue weighted by Crippen LogP contribution is -2.52. The molecule has 6 nitrogen and oxygen atoms in total. The maximum Gasteiger partial charge on any atom is 0.337 e. The Hall–Kier alpha value is -0.860. The summed E-state index contributed by atoms with van der Waals surface area (Å²) in [6, 6.07) is 3.91. The van der Waals surface area contributed by atoms with Gasteiger partial charge < -0.3 is 10.1 Å². The number of nitrogens with zero attached hydrogens (tertiary/aromatic N) is 1. The van der Waals surface area contributed by atoms with Gasteiger partial charge >= 0.3 is 5.97 Å². The summed E-state index contributed by atoms with van der Waals surface area (Å²) in [6.45, 7) is 3.41. The van der Waals surface area contributed by atoms with E-state index in [0.717, 1.165) is 0 Å². The maximum absolute atomic E-state index is 12.7. The Kier molecular flexibility index (Phi) is 6.64.